The van der Waals surface area contributed by atoms with E-state index >= 15 is 0 Å². The molecule has 5 nitrogen and oxygen atoms in total. The number of fused-ring (bicyclic) bond motifs is 1. The van der Waals surface area contributed by atoms with Crippen LogP contribution in [0.4, 0.5) is 11.5 Å². The zero-order valence-corrected chi connectivity index (χ0v) is 15.6. The van der Waals surface area contributed by atoms with Crippen LogP contribution in [0.5, 0.6) is 0 Å². The largest absolute Gasteiger partial charge is 0.312 e. The Labute approximate surface area is 154 Å². The summed E-state index contributed by atoms with van der Waals surface area (Å²) < 4.78 is 0. The van der Waals surface area contributed by atoms with E-state index in [1.165, 1.54) is 5.56 Å². The second-order valence-corrected chi connectivity index (χ2v) is 7.49. The topological polar surface area (TPSA) is 62.3 Å². The van der Waals surface area contributed by atoms with E-state index in [0.717, 1.165) is 11.3 Å². The summed E-state index contributed by atoms with van der Waals surface area (Å²) in [6, 6.07) is 11.8. The molecule has 0 saturated heterocycles. The van der Waals surface area contributed by atoms with Gasteiger partial charge in [-0.3, -0.25) is 9.59 Å². The first-order valence-electron chi connectivity index (χ1n) is 8.99. The first kappa shape index (κ1) is 18.1. The predicted molar refractivity (Wildman–Crippen MR) is 103 cm³/mol. The lowest BCUT2D eigenvalue weighted by Crippen LogP contribution is -2.42. The number of hydrogen-bond acceptors (Lipinski definition) is 3. The quantitative estimate of drug-likeness (QED) is 0.891. The van der Waals surface area contributed by atoms with Gasteiger partial charge in [0.25, 0.3) is 0 Å². The highest BCUT2D eigenvalue weighted by Crippen LogP contribution is 2.39. The summed E-state index contributed by atoms with van der Waals surface area (Å²) in [5.41, 5.74) is 3.05. The van der Waals surface area contributed by atoms with Crippen LogP contribution in [0.25, 0.3) is 0 Å². The van der Waals surface area contributed by atoms with Crippen LogP contribution < -0.4 is 10.2 Å². The van der Waals surface area contributed by atoms with Crippen LogP contribution in [0.15, 0.2) is 42.6 Å². The Hall–Kier alpha value is -2.69. The van der Waals surface area contributed by atoms with E-state index in [1.807, 2.05) is 42.2 Å². The number of nitrogens with zero attached hydrogens (tertiary/aromatic N) is 2. The first-order valence-corrected chi connectivity index (χ1v) is 8.99. The fourth-order valence-electron chi connectivity index (χ4n) is 3.44. The Morgan fingerprint density at radius 1 is 1.27 bits per heavy atom. The molecule has 3 rings (SSSR count). The molecule has 136 valence electrons. The van der Waals surface area contributed by atoms with Crippen molar-refractivity contribution in [2.75, 3.05) is 16.8 Å². The molecule has 0 atom stereocenters. The van der Waals surface area contributed by atoms with Gasteiger partial charge in [-0.25, -0.2) is 4.98 Å². The number of amides is 2. The number of benzene rings is 1. The van der Waals surface area contributed by atoms with Crippen molar-refractivity contribution in [3.05, 3.63) is 53.7 Å². The molecular formula is C21H25N3O2. The van der Waals surface area contributed by atoms with Crippen molar-refractivity contribution in [1.29, 1.82) is 0 Å². The number of rotatable bonds is 5. The lowest BCUT2D eigenvalue weighted by atomic mass is 9.77. The summed E-state index contributed by atoms with van der Waals surface area (Å²) in [6.45, 7) is 6.70. The van der Waals surface area contributed by atoms with Gasteiger partial charge in [0.2, 0.25) is 11.8 Å². The molecule has 0 radical (unpaired) electrons. The molecule has 2 amide bonds. The molecule has 0 bridgehead atoms. The normalized spacial score (nSPS) is 15.5. The SMILES string of the molecule is Cc1ccnc(NC(=O)CCCN2C(=O)CC(C)(C)c3ccccc32)c1. The van der Waals surface area contributed by atoms with Gasteiger partial charge in [0.05, 0.1) is 0 Å². The Bertz CT molecular complexity index is 830. The minimum atomic E-state index is -0.154. The fourth-order valence-corrected chi connectivity index (χ4v) is 3.44. The van der Waals surface area contributed by atoms with Crippen molar-refractivity contribution in [2.24, 2.45) is 0 Å². The van der Waals surface area contributed by atoms with Gasteiger partial charge in [-0.15, -0.1) is 0 Å². The molecule has 5 heteroatoms. The van der Waals surface area contributed by atoms with Crippen LogP contribution in [0.2, 0.25) is 0 Å². The Morgan fingerprint density at radius 3 is 2.81 bits per heavy atom. The molecule has 1 N–H and O–H groups in total. The van der Waals surface area contributed by atoms with E-state index in [2.05, 4.69) is 30.2 Å². The van der Waals surface area contributed by atoms with Crippen molar-refractivity contribution < 1.29 is 9.59 Å². The number of nitrogens with one attached hydrogen (secondary N) is 1. The van der Waals surface area contributed by atoms with E-state index < -0.39 is 0 Å². The van der Waals surface area contributed by atoms with E-state index in [9.17, 15) is 9.59 Å². The van der Waals surface area contributed by atoms with Crippen LogP contribution in [0.3, 0.4) is 0 Å². The maximum atomic E-state index is 12.6. The second kappa shape index (κ2) is 7.28. The molecule has 1 aromatic carbocycles. The van der Waals surface area contributed by atoms with E-state index in [-0.39, 0.29) is 17.2 Å². The van der Waals surface area contributed by atoms with Crippen LogP contribution >= 0.6 is 0 Å². The first-order chi connectivity index (χ1) is 12.4. The van der Waals surface area contributed by atoms with Gasteiger partial charge in [-0.2, -0.15) is 0 Å². The fraction of sp³-hybridized carbons (Fsp3) is 0.381. The molecule has 26 heavy (non-hydrogen) atoms. The van der Waals surface area contributed by atoms with Crippen LogP contribution in [0, 0.1) is 6.92 Å². The van der Waals surface area contributed by atoms with Gasteiger partial charge >= 0.3 is 0 Å². The average molecular weight is 351 g/mol. The van der Waals surface area contributed by atoms with Crippen molar-refractivity contribution in [2.45, 2.75) is 45.4 Å². The summed E-state index contributed by atoms with van der Waals surface area (Å²) in [7, 11) is 0. The number of pyridine rings is 1. The maximum Gasteiger partial charge on any atom is 0.227 e. The van der Waals surface area contributed by atoms with Gasteiger partial charge in [-0.05, 0) is 42.7 Å². The van der Waals surface area contributed by atoms with Crippen LogP contribution in [-0.2, 0) is 15.0 Å². The van der Waals surface area contributed by atoms with Crippen LogP contribution in [-0.4, -0.2) is 23.3 Å². The minimum Gasteiger partial charge on any atom is -0.312 e. The van der Waals surface area contributed by atoms with Crippen molar-refractivity contribution in [3.8, 4) is 0 Å². The standard InChI is InChI=1S/C21H25N3O2/c1-15-10-11-22-18(13-15)23-19(25)9-6-12-24-17-8-5-4-7-16(17)21(2,3)14-20(24)26/h4-5,7-8,10-11,13H,6,9,12,14H2,1-3H3,(H,22,23,25). The van der Waals surface area contributed by atoms with E-state index in [4.69, 9.17) is 0 Å². The average Bonchev–Trinajstić information content (AvgIpc) is 2.57. The van der Waals surface area contributed by atoms with Crippen molar-refractivity contribution >= 4 is 23.3 Å². The molecule has 0 fully saturated rings. The minimum absolute atomic E-state index is 0.0822. The molecular weight excluding hydrogens is 326 g/mol. The van der Waals surface area contributed by atoms with Gasteiger partial charge in [0.1, 0.15) is 5.82 Å². The summed E-state index contributed by atoms with van der Waals surface area (Å²) in [6.07, 6.45) is 3.13. The Morgan fingerprint density at radius 2 is 2.04 bits per heavy atom. The molecule has 0 saturated carbocycles. The van der Waals surface area contributed by atoms with Crippen molar-refractivity contribution in [3.63, 3.8) is 0 Å². The number of carbonyl (C=O) groups excluding carboxylic acids is 2. The Balaban J connectivity index is 1.61. The lowest BCUT2D eigenvalue weighted by molar-refractivity contribution is -0.120. The molecule has 1 aromatic heterocycles. The second-order valence-electron chi connectivity index (χ2n) is 7.49. The number of anilines is 2. The summed E-state index contributed by atoms with van der Waals surface area (Å²) in [4.78, 5) is 30.7. The molecule has 1 aliphatic rings. The Kier molecular flexibility index (Phi) is 5.07. The molecule has 2 aromatic rings. The molecule has 0 unspecified atom stereocenters. The third-order valence-electron chi connectivity index (χ3n) is 4.79. The molecule has 2 heterocycles. The smallest absolute Gasteiger partial charge is 0.227 e. The third-order valence-corrected chi connectivity index (χ3v) is 4.79. The van der Waals surface area contributed by atoms with Gasteiger partial charge in [-0.1, -0.05) is 32.0 Å². The molecule has 0 spiro atoms. The zero-order chi connectivity index (χ0) is 18.7. The van der Waals surface area contributed by atoms with Gasteiger partial charge in [0, 0.05) is 36.7 Å². The van der Waals surface area contributed by atoms with E-state index in [0.29, 0.717) is 31.6 Å². The number of aryl methyl sites for hydroxylation is 1. The molecule has 1 aliphatic heterocycles. The third kappa shape index (κ3) is 3.93. The van der Waals surface area contributed by atoms with Gasteiger partial charge < -0.3 is 10.2 Å². The highest BCUT2D eigenvalue weighted by molar-refractivity contribution is 5.98. The maximum absolute atomic E-state index is 12.6. The van der Waals surface area contributed by atoms with Gasteiger partial charge in [0.15, 0.2) is 0 Å². The molecule has 0 aliphatic carbocycles. The monoisotopic (exact) mass is 351 g/mol. The van der Waals surface area contributed by atoms with Crippen LogP contribution in [0.1, 0.15) is 44.2 Å². The van der Waals surface area contributed by atoms with Crippen molar-refractivity contribution in [1.82, 2.24) is 4.98 Å². The van der Waals surface area contributed by atoms with E-state index in [1.54, 1.807) is 6.20 Å². The lowest BCUT2D eigenvalue weighted by Gasteiger charge is -2.38. The highest BCUT2D eigenvalue weighted by atomic mass is 16.2. The zero-order valence-electron chi connectivity index (χ0n) is 15.6. The highest BCUT2D eigenvalue weighted by Gasteiger charge is 2.35. The number of aromatic nitrogens is 1. The summed E-state index contributed by atoms with van der Waals surface area (Å²) >= 11 is 0. The predicted octanol–water partition coefficient (Wildman–Crippen LogP) is 3.82. The summed E-state index contributed by atoms with van der Waals surface area (Å²) in [5.74, 6) is 0.603. The number of para-hydroxylation sites is 1. The summed E-state index contributed by atoms with van der Waals surface area (Å²) in [5, 5.41) is 2.81. The number of hydrogen-bond donors (Lipinski definition) is 1. The number of carbonyl (C=O) groups is 2.